The third-order valence-electron chi connectivity index (χ3n) is 2.85. The van der Waals surface area contributed by atoms with Crippen molar-refractivity contribution in [3.63, 3.8) is 0 Å². The molecule has 0 amide bonds. The lowest BCUT2D eigenvalue weighted by Crippen LogP contribution is -1.99. The van der Waals surface area contributed by atoms with Crippen molar-refractivity contribution < 1.29 is 0 Å². The van der Waals surface area contributed by atoms with Gasteiger partial charge in [0.2, 0.25) is 0 Å². The van der Waals surface area contributed by atoms with Gasteiger partial charge in [-0.05, 0) is 47.2 Å². The van der Waals surface area contributed by atoms with E-state index in [0.29, 0.717) is 0 Å². The minimum atomic E-state index is 0.828. The average Bonchev–Trinajstić information content (AvgIpc) is 2.46. The van der Waals surface area contributed by atoms with E-state index >= 15 is 0 Å². The van der Waals surface area contributed by atoms with Gasteiger partial charge in [-0.2, -0.15) is 0 Å². The first-order valence-electron chi connectivity index (χ1n) is 3.82. The van der Waals surface area contributed by atoms with Gasteiger partial charge in [-0.25, -0.2) is 0 Å². The Labute approximate surface area is 70.1 Å². The number of hydrogen-bond acceptors (Lipinski definition) is 0. The summed E-state index contributed by atoms with van der Waals surface area (Å²) < 4.78 is 0. The molecule has 1 heteroatoms. The van der Waals surface area contributed by atoms with E-state index in [4.69, 9.17) is 0 Å². The topological polar surface area (TPSA) is 0 Å². The second kappa shape index (κ2) is 2.23. The van der Waals surface area contributed by atoms with Crippen LogP contribution in [0, 0.1) is 11.8 Å². The van der Waals surface area contributed by atoms with Crippen molar-refractivity contribution in [3.05, 3.63) is 22.7 Å². The molecular formula is C9H11Br. The Balaban J connectivity index is 2.33. The summed E-state index contributed by atoms with van der Waals surface area (Å²) >= 11 is 3.40. The van der Waals surface area contributed by atoms with Gasteiger partial charge in [0.1, 0.15) is 0 Å². The Morgan fingerprint density at radius 3 is 2.50 bits per heavy atom. The highest BCUT2D eigenvalue weighted by Gasteiger charge is 2.37. The Morgan fingerprint density at radius 2 is 2.10 bits per heavy atom. The minimum absolute atomic E-state index is 0.828. The van der Waals surface area contributed by atoms with Gasteiger partial charge >= 0.3 is 0 Å². The van der Waals surface area contributed by atoms with Crippen molar-refractivity contribution >= 4 is 15.9 Å². The highest BCUT2D eigenvalue weighted by molar-refractivity contribution is 9.11. The van der Waals surface area contributed by atoms with Gasteiger partial charge < -0.3 is 0 Å². The molecular weight excluding hydrogens is 188 g/mol. The summed E-state index contributed by atoms with van der Waals surface area (Å²) in [5, 5.41) is 0. The summed E-state index contributed by atoms with van der Waals surface area (Å²) in [6.07, 6.45) is 4.14. The van der Waals surface area contributed by atoms with Crippen LogP contribution in [0.25, 0.3) is 0 Å². The maximum atomic E-state index is 4.09. The zero-order valence-corrected chi connectivity index (χ0v) is 7.52. The first-order chi connectivity index (χ1) is 4.83. The quantitative estimate of drug-likeness (QED) is 0.561. The molecule has 0 aromatic heterocycles. The monoisotopic (exact) mass is 198 g/mol. The maximum absolute atomic E-state index is 4.09. The van der Waals surface area contributed by atoms with Gasteiger partial charge in [0.05, 0.1) is 0 Å². The van der Waals surface area contributed by atoms with Gasteiger partial charge in [-0.15, -0.1) is 0 Å². The van der Waals surface area contributed by atoms with Gasteiger partial charge in [0.15, 0.2) is 0 Å². The predicted octanol–water partition coefficient (Wildman–Crippen LogP) is 3.25. The van der Waals surface area contributed by atoms with Crippen LogP contribution < -0.4 is 0 Å². The SMILES string of the molecule is C=C1/C(=C/Br)C2CCC1C2. The number of rotatable bonds is 0. The summed E-state index contributed by atoms with van der Waals surface area (Å²) in [6.45, 7) is 4.09. The van der Waals surface area contributed by atoms with E-state index in [9.17, 15) is 0 Å². The fourth-order valence-corrected chi connectivity index (χ4v) is 2.91. The maximum Gasteiger partial charge on any atom is -0.0148 e. The lowest BCUT2D eigenvalue weighted by atomic mass is 9.92. The number of allylic oxidation sites excluding steroid dienone is 2. The largest absolute Gasteiger partial charge is 0.0952 e. The fourth-order valence-electron chi connectivity index (χ4n) is 2.24. The minimum Gasteiger partial charge on any atom is -0.0952 e. The summed E-state index contributed by atoms with van der Waals surface area (Å²) in [4.78, 5) is 2.07. The van der Waals surface area contributed by atoms with Crippen LogP contribution in [-0.2, 0) is 0 Å². The van der Waals surface area contributed by atoms with Crippen LogP contribution in [-0.4, -0.2) is 0 Å². The molecule has 0 nitrogen and oxygen atoms in total. The van der Waals surface area contributed by atoms with Gasteiger partial charge in [-0.1, -0.05) is 22.5 Å². The molecule has 2 rings (SSSR count). The molecule has 0 N–H and O–H groups in total. The van der Waals surface area contributed by atoms with E-state index in [-0.39, 0.29) is 0 Å². The molecule has 2 fully saturated rings. The fraction of sp³-hybridized carbons (Fsp3) is 0.556. The van der Waals surface area contributed by atoms with Crippen LogP contribution in [0.5, 0.6) is 0 Å². The Hall–Kier alpha value is -0.0400. The Bertz CT molecular complexity index is 203. The second-order valence-electron chi connectivity index (χ2n) is 3.30. The molecule has 0 aromatic rings. The summed E-state index contributed by atoms with van der Waals surface area (Å²) in [6, 6.07) is 0. The van der Waals surface area contributed by atoms with Crippen molar-refractivity contribution in [2.45, 2.75) is 19.3 Å². The molecule has 0 heterocycles. The smallest absolute Gasteiger partial charge is 0.0148 e. The third kappa shape index (κ3) is 0.731. The van der Waals surface area contributed by atoms with E-state index in [2.05, 4.69) is 27.5 Å². The average molecular weight is 199 g/mol. The molecule has 0 spiro atoms. The zero-order valence-electron chi connectivity index (χ0n) is 5.94. The third-order valence-corrected chi connectivity index (χ3v) is 3.35. The van der Waals surface area contributed by atoms with Crippen molar-refractivity contribution in [1.29, 1.82) is 0 Å². The van der Waals surface area contributed by atoms with E-state index in [1.54, 1.807) is 0 Å². The van der Waals surface area contributed by atoms with Crippen LogP contribution in [0.2, 0.25) is 0 Å². The molecule has 0 aliphatic heterocycles. The molecule has 2 atom stereocenters. The second-order valence-corrected chi connectivity index (χ2v) is 3.75. The molecule has 0 saturated heterocycles. The first kappa shape index (κ1) is 6.66. The van der Waals surface area contributed by atoms with E-state index in [1.165, 1.54) is 30.4 Å². The molecule has 2 bridgehead atoms. The summed E-state index contributed by atoms with van der Waals surface area (Å²) in [7, 11) is 0. The molecule has 10 heavy (non-hydrogen) atoms. The molecule has 2 aliphatic rings. The summed E-state index contributed by atoms with van der Waals surface area (Å²) in [5.41, 5.74) is 2.88. The normalized spacial score (nSPS) is 41.7. The van der Waals surface area contributed by atoms with Crippen LogP contribution in [0.1, 0.15) is 19.3 Å². The first-order valence-corrected chi connectivity index (χ1v) is 4.74. The van der Waals surface area contributed by atoms with E-state index < -0.39 is 0 Å². The predicted molar refractivity (Wildman–Crippen MR) is 47.0 cm³/mol. The van der Waals surface area contributed by atoms with E-state index in [1.807, 2.05) is 0 Å². The van der Waals surface area contributed by atoms with Crippen LogP contribution in [0.4, 0.5) is 0 Å². The standard InChI is InChI=1S/C9H11Br/c1-6-7-2-3-8(4-7)9(6)5-10/h5,7-8H,1-4H2/b9-5-. The van der Waals surface area contributed by atoms with Crippen molar-refractivity contribution in [2.75, 3.05) is 0 Å². The molecule has 0 aromatic carbocycles. The van der Waals surface area contributed by atoms with Crippen LogP contribution in [0.15, 0.2) is 22.7 Å². The van der Waals surface area contributed by atoms with Gasteiger partial charge in [-0.3, -0.25) is 0 Å². The molecule has 0 radical (unpaired) electrons. The molecule has 2 unspecified atom stereocenters. The van der Waals surface area contributed by atoms with Crippen LogP contribution in [0.3, 0.4) is 0 Å². The Morgan fingerprint density at radius 1 is 1.40 bits per heavy atom. The van der Waals surface area contributed by atoms with Crippen molar-refractivity contribution in [2.24, 2.45) is 11.8 Å². The van der Waals surface area contributed by atoms with Crippen LogP contribution >= 0.6 is 15.9 Å². The van der Waals surface area contributed by atoms with Crippen molar-refractivity contribution in [3.8, 4) is 0 Å². The molecule has 54 valence electrons. The summed E-state index contributed by atoms with van der Waals surface area (Å²) in [5.74, 6) is 1.67. The number of halogens is 1. The van der Waals surface area contributed by atoms with Gasteiger partial charge in [0.25, 0.3) is 0 Å². The number of hydrogen-bond donors (Lipinski definition) is 0. The zero-order chi connectivity index (χ0) is 7.14. The Kier molecular flexibility index (Phi) is 1.48. The number of fused-ring (bicyclic) bond motifs is 2. The molecule has 2 aliphatic carbocycles. The van der Waals surface area contributed by atoms with Gasteiger partial charge in [0, 0.05) is 0 Å². The van der Waals surface area contributed by atoms with Crippen molar-refractivity contribution in [1.82, 2.24) is 0 Å². The lowest BCUT2D eigenvalue weighted by Gasteiger charge is -2.14. The molecule has 2 saturated carbocycles. The highest BCUT2D eigenvalue weighted by Crippen LogP contribution is 2.51. The highest BCUT2D eigenvalue weighted by atomic mass is 79.9. The lowest BCUT2D eigenvalue weighted by molar-refractivity contribution is 0.657. The van der Waals surface area contributed by atoms with E-state index in [0.717, 1.165) is 11.8 Å².